The van der Waals surface area contributed by atoms with Crippen molar-refractivity contribution in [3.8, 4) is 0 Å². The van der Waals surface area contributed by atoms with E-state index in [0.717, 1.165) is 19.3 Å². The molecular weight excluding hydrogens is 388 g/mol. The Kier molecular flexibility index (Phi) is 5.52. The van der Waals surface area contributed by atoms with Crippen LogP contribution in [0.4, 0.5) is 5.69 Å². The number of hydrogen-bond donors (Lipinski definition) is 1. The fraction of sp³-hybridized carbons (Fsp3) is 0.364. The number of para-hydroxylation sites is 1. The Morgan fingerprint density at radius 1 is 1.00 bits per heavy atom. The Bertz CT molecular complexity index is 1020. The minimum atomic E-state index is -3.78. The van der Waals surface area contributed by atoms with Crippen LogP contribution in [0.1, 0.15) is 42.5 Å². The molecule has 152 valence electrons. The van der Waals surface area contributed by atoms with Gasteiger partial charge in [-0.15, -0.1) is 0 Å². The third-order valence-electron chi connectivity index (χ3n) is 5.83. The quantitative estimate of drug-likeness (QED) is 0.834. The van der Waals surface area contributed by atoms with Gasteiger partial charge in [0, 0.05) is 36.2 Å². The molecule has 29 heavy (non-hydrogen) atoms. The summed E-state index contributed by atoms with van der Waals surface area (Å²) in [5.74, 6) is -0.383. The molecule has 0 bridgehead atoms. The number of piperidine rings is 1. The van der Waals surface area contributed by atoms with Gasteiger partial charge in [0.25, 0.3) is 5.91 Å². The van der Waals surface area contributed by atoms with Crippen LogP contribution in [-0.4, -0.2) is 37.0 Å². The highest BCUT2D eigenvalue weighted by molar-refractivity contribution is 7.89. The van der Waals surface area contributed by atoms with Crippen LogP contribution < -0.4 is 5.32 Å². The average molecular weight is 413 g/mol. The molecule has 2 aromatic rings. The lowest BCUT2D eigenvalue weighted by atomic mass is 9.79. The molecule has 1 aliphatic carbocycles. The van der Waals surface area contributed by atoms with Crippen molar-refractivity contribution in [2.24, 2.45) is 5.92 Å². The van der Waals surface area contributed by atoms with Crippen LogP contribution in [0.3, 0.4) is 0 Å². The summed E-state index contributed by atoms with van der Waals surface area (Å²) in [5.41, 5.74) is 0.925. The highest BCUT2D eigenvalue weighted by atomic mass is 32.2. The van der Waals surface area contributed by atoms with E-state index < -0.39 is 10.0 Å². The zero-order chi connectivity index (χ0) is 20.4. The molecule has 2 fully saturated rings. The molecule has 1 saturated heterocycles. The summed E-state index contributed by atoms with van der Waals surface area (Å²) in [7, 11) is -3.78. The van der Waals surface area contributed by atoms with Crippen LogP contribution in [0.2, 0.25) is 0 Å². The van der Waals surface area contributed by atoms with Gasteiger partial charge in [-0.1, -0.05) is 37.1 Å². The first-order chi connectivity index (χ1) is 14.0. The van der Waals surface area contributed by atoms with Gasteiger partial charge in [-0.05, 0) is 43.2 Å². The normalized spacial score (nSPS) is 22.7. The first-order valence-electron chi connectivity index (χ1n) is 9.98. The fourth-order valence-corrected chi connectivity index (χ4v) is 6.10. The Hall–Kier alpha value is -2.51. The second-order valence-electron chi connectivity index (χ2n) is 7.64. The van der Waals surface area contributed by atoms with Gasteiger partial charge in [-0.2, -0.15) is 4.31 Å². The van der Waals surface area contributed by atoms with E-state index in [2.05, 4.69) is 5.32 Å². The van der Waals surface area contributed by atoms with Crippen LogP contribution in [0, 0.1) is 5.92 Å². The second kappa shape index (κ2) is 8.08. The molecule has 0 unspecified atom stereocenters. The molecule has 2 aromatic carbocycles. The molecule has 6 nitrogen and oxygen atoms in total. The largest absolute Gasteiger partial charge is 0.322 e. The van der Waals surface area contributed by atoms with Gasteiger partial charge >= 0.3 is 0 Å². The van der Waals surface area contributed by atoms with Crippen molar-refractivity contribution in [3.05, 3.63) is 60.2 Å². The summed E-state index contributed by atoms with van der Waals surface area (Å²) < 4.78 is 28.2. The number of rotatable bonds is 4. The van der Waals surface area contributed by atoms with E-state index in [9.17, 15) is 18.0 Å². The van der Waals surface area contributed by atoms with Gasteiger partial charge in [-0.25, -0.2) is 8.42 Å². The molecule has 1 aliphatic heterocycles. The van der Waals surface area contributed by atoms with Crippen molar-refractivity contribution < 1.29 is 18.0 Å². The number of fused-ring (bicyclic) bond motifs is 1. The molecule has 0 radical (unpaired) electrons. The monoisotopic (exact) mass is 412 g/mol. The average Bonchev–Trinajstić information content (AvgIpc) is 2.75. The van der Waals surface area contributed by atoms with Crippen LogP contribution in [0.25, 0.3) is 0 Å². The number of anilines is 1. The molecule has 1 N–H and O–H groups in total. The number of nitrogens with zero attached hydrogens (tertiary/aromatic N) is 1. The van der Waals surface area contributed by atoms with Crippen LogP contribution >= 0.6 is 0 Å². The summed E-state index contributed by atoms with van der Waals surface area (Å²) >= 11 is 0. The highest BCUT2D eigenvalue weighted by Gasteiger charge is 2.43. The van der Waals surface area contributed by atoms with Crippen LogP contribution in [0.15, 0.2) is 59.5 Å². The number of carbonyl (C=O) groups is 2. The van der Waals surface area contributed by atoms with E-state index in [0.29, 0.717) is 12.1 Å². The molecule has 1 saturated carbocycles. The number of amides is 1. The molecule has 0 aromatic heterocycles. The van der Waals surface area contributed by atoms with Gasteiger partial charge in [-0.3, -0.25) is 9.59 Å². The lowest BCUT2D eigenvalue weighted by Crippen LogP contribution is -2.53. The van der Waals surface area contributed by atoms with Crippen molar-refractivity contribution in [1.29, 1.82) is 0 Å². The Balaban J connectivity index is 1.59. The zero-order valence-electron chi connectivity index (χ0n) is 16.1. The first-order valence-corrected chi connectivity index (χ1v) is 11.4. The number of nitrogens with one attached hydrogen (secondary N) is 1. The Morgan fingerprint density at radius 2 is 1.76 bits per heavy atom. The summed E-state index contributed by atoms with van der Waals surface area (Å²) in [6, 6.07) is 14.9. The minimum Gasteiger partial charge on any atom is -0.322 e. The molecule has 1 heterocycles. The van der Waals surface area contributed by atoms with Crippen LogP contribution in [0.5, 0.6) is 0 Å². The van der Waals surface area contributed by atoms with Gasteiger partial charge in [0.15, 0.2) is 0 Å². The molecule has 7 heteroatoms. The van der Waals surface area contributed by atoms with E-state index in [4.69, 9.17) is 0 Å². The predicted octanol–water partition coefficient (Wildman–Crippen LogP) is 3.46. The van der Waals surface area contributed by atoms with Gasteiger partial charge in [0.2, 0.25) is 10.0 Å². The highest BCUT2D eigenvalue weighted by Crippen LogP contribution is 2.36. The number of sulfonamides is 1. The zero-order valence-corrected chi connectivity index (χ0v) is 16.9. The summed E-state index contributed by atoms with van der Waals surface area (Å²) in [6.45, 7) is 0.211. The summed E-state index contributed by atoms with van der Waals surface area (Å²) in [5, 5.41) is 2.78. The van der Waals surface area contributed by atoms with Crippen molar-refractivity contribution >= 4 is 27.4 Å². The van der Waals surface area contributed by atoms with Crippen molar-refractivity contribution in [1.82, 2.24) is 4.31 Å². The minimum absolute atomic E-state index is 0.0943. The second-order valence-corrected chi connectivity index (χ2v) is 9.53. The fourth-order valence-electron chi connectivity index (χ4n) is 4.36. The molecule has 4 rings (SSSR count). The molecule has 1 amide bonds. The van der Waals surface area contributed by atoms with E-state index in [1.807, 2.05) is 18.2 Å². The number of ketones is 1. The van der Waals surface area contributed by atoms with Crippen molar-refractivity contribution in [2.45, 2.75) is 43.0 Å². The third kappa shape index (κ3) is 3.97. The van der Waals surface area contributed by atoms with E-state index in [1.54, 1.807) is 24.3 Å². The standard InChI is InChI=1S/C22H24N2O4S/c25-21-13-14-24(20-12-5-4-11-19(20)21)29(27,28)18-10-6-7-16(15-18)22(26)23-17-8-2-1-3-9-17/h1-3,6-10,15,19-20H,4-5,11-14H2,(H,23,26)/t19-,20-/m0/s1. The van der Waals surface area contributed by atoms with Crippen molar-refractivity contribution in [2.75, 3.05) is 11.9 Å². The maximum Gasteiger partial charge on any atom is 0.255 e. The third-order valence-corrected chi connectivity index (χ3v) is 7.75. The van der Waals surface area contributed by atoms with Crippen LogP contribution in [-0.2, 0) is 14.8 Å². The number of benzene rings is 2. The number of carbonyl (C=O) groups excluding carboxylic acids is 2. The van der Waals surface area contributed by atoms with Gasteiger partial charge in [0.1, 0.15) is 5.78 Å². The number of hydrogen-bond acceptors (Lipinski definition) is 4. The lowest BCUT2D eigenvalue weighted by molar-refractivity contribution is -0.128. The summed E-state index contributed by atoms with van der Waals surface area (Å²) in [6.07, 6.45) is 3.63. The lowest BCUT2D eigenvalue weighted by Gasteiger charge is -2.42. The van der Waals surface area contributed by atoms with Crippen molar-refractivity contribution in [3.63, 3.8) is 0 Å². The van der Waals surface area contributed by atoms with Gasteiger partial charge < -0.3 is 5.32 Å². The van der Waals surface area contributed by atoms with E-state index in [-0.39, 0.29) is 47.1 Å². The SMILES string of the molecule is O=C(Nc1ccccc1)c1cccc(S(=O)(=O)N2CCC(=O)[C@H]3CCCC[C@@H]32)c1. The number of Topliss-reactive ketones (excluding diaryl/α,β-unsaturated/α-hetero) is 1. The molecule has 2 aliphatic rings. The maximum absolute atomic E-state index is 13.4. The Morgan fingerprint density at radius 3 is 2.55 bits per heavy atom. The Labute approximate surface area is 171 Å². The smallest absolute Gasteiger partial charge is 0.255 e. The van der Waals surface area contributed by atoms with E-state index in [1.165, 1.54) is 16.4 Å². The molecular formula is C22H24N2O4S. The topological polar surface area (TPSA) is 83.6 Å². The van der Waals surface area contributed by atoms with E-state index >= 15 is 0 Å². The molecule has 2 atom stereocenters. The van der Waals surface area contributed by atoms with Gasteiger partial charge in [0.05, 0.1) is 4.90 Å². The first kappa shape index (κ1) is 19.8. The molecule has 0 spiro atoms. The summed E-state index contributed by atoms with van der Waals surface area (Å²) in [4.78, 5) is 25.0. The maximum atomic E-state index is 13.4. The predicted molar refractivity (Wildman–Crippen MR) is 110 cm³/mol.